The third-order valence-electron chi connectivity index (χ3n) is 5.31. The largest absolute Gasteiger partial charge is 0.457 e. The lowest BCUT2D eigenvalue weighted by molar-refractivity contribution is -0.115. The molecule has 5 aromatic rings. The number of benzene rings is 3. The standard InChI is InChI=1S/C27H19Cl2N5O2S/c1-16-2-5-21(6-3-16)34-32-23-9-4-20(15-24(23)33-34)30-27(37)31-26(35)11-8-22-7-10-25(36-22)17-12-18(28)14-19(29)13-17/h2-15H,1H3,(H2,30,31,35,37)/b11-8+. The topological polar surface area (TPSA) is 85.0 Å². The molecule has 5 rings (SSSR count). The lowest BCUT2D eigenvalue weighted by Crippen LogP contribution is -2.32. The van der Waals surface area contributed by atoms with Crippen molar-refractivity contribution in [2.45, 2.75) is 6.92 Å². The van der Waals surface area contributed by atoms with Crippen LogP contribution in [0.25, 0.3) is 34.1 Å². The maximum absolute atomic E-state index is 12.4. The van der Waals surface area contributed by atoms with Crippen LogP contribution in [0.15, 0.2) is 83.3 Å². The van der Waals surface area contributed by atoms with Crippen molar-refractivity contribution in [2.24, 2.45) is 0 Å². The Morgan fingerprint density at radius 1 is 0.946 bits per heavy atom. The molecule has 184 valence electrons. The van der Waals surface area contributed by atoms with Crippen LogP contribution in [-0.2, 0) is 4.79 Å². The molecule has 0 spiro atoms. The van der Waals surface area contributed by atoms with Gasteiger partial charge in [0.25, 0.3) is 0 Å². The molecule has 0 aliphatic carbocycles. The molecule has 37 heavy (non-hydrogen) atoms. The van der Waals surface area contributed by atoms with E-state index in [9.17, 15) is 4.79 Å². The fraction of sp³-hybridized carbons (Fsp3) is 0.0370. The summed E-state index contributed by atoms with van der Waals surface area (Å²) in [6.45, 7) is 2.03. The van der Waals surface area contributed by atoms with Gasteiger partial charge < -0.3 is 9.73 Å². The molecule has 0 fully saturated rings. The van der Waals surface area contributed by atoms with E-state index in [1.807, 2.05) is 49.4 Å². The Morgan fingerprint density at radius 3 is 2.43 bits per heavy atom. The van der Waals surface area contributed by atoms with E-state index >= 15 is 0 Å². The minimum absolute atomic E-state index is 0.147. The van der Waals surface area contributed by atoms with Crippen molar-refractivity contribution >= 4 is 69.2 Å². The number of amides is 1. The Labute approximate surface area is 227 Å². The van der Waals surface area contributed by atoms with E-state index in [2.05, 4.69) is 20.8 Å². The predicted octanol–water partition coefficient (Wildman–Crippen LogP) is 6.82. The van der Waals surface area contributed by atoms with Crippen molar-refractivity contribution in [3.8, 4) is 17.0 Å². The number of carbonyl (C=O) groups is 1. The van der Waals surface area contributed by atoms with Crippen molar-refractivity contribution in [1.82, 2.24) is 20.3 Å². The minimum atomic E-state index is -0.410. The molecule has 0 atom stereocenters. The zero-order chi connectivity index (χ0) is 25.9. The monoisotopic (exact) mass is 547 g/mol. The molecular weight excluding hydrogens is 529 g/mol. The van der Waals surface area contributed by atoms with E-state index in [0.29, 0.717) is 32.8 Å². The molecule has 0 bridgehead atoms. The second-order valence-corrected chi connectivity index (χ2v) is 9.45. The third-order valence-corrected chi connectivity index (χ3v) is 5.95. The summed E-state index contributed by atoms with van der Waals surface area (Å²) in [4.78, 5) is 13.9. The Balaban J connectivity index is 1.20. The van der Waals surface area contributed by atoms with Crippen molar-refractivity contribution in [3.05, 3.63) is 100 Å². The van der Waals surface area contributed by atoms with Crippen LogP contribution >= 0.6 is 35.4 Å². The molecule has 0 radical (unpaired) electrons. The highest BCUT2D eigenvalue weighted by molar-refractivity contribution is 7.80. The highest BCUT2D eigenvalue weighted by atomic mass is 35.5. The number of carbonyl (C=O) groups excluding carboxylic acids is 1. The van der Waals surface area contributed by atoms with Crippen molar-refractivity contribution in [3.63, 3.8) is 0 Å². The van der Waals surface area contributed by atoms with E-state index < -0.39 is 5.91 Å². The first kappa shape index (κ1) is 24.7. The molecule has 0 aliphatic heterocycles. The van der Waals surface area contributed by atoms with Gasteiger partial charge in [0.05, 0.1) is 5.69 Å². The molecule has 2 N–H and O–H groups in total. The Kier molecular flexibility index (Phi) is 7.05. The predicted molar refractivity (Wildman–Crippen MR) is 151 cm³/mol. The molecule has 1 amide bonds. The number of aryl methyl sites for hydroxylation is 1. The summed E-state index contributed by atoms with van der Waals surface area (Å²) in [6, 6.07) is 22.0. The molecule has 0 unspecified atom stereocenters. The quantitative estimate of drug-likeness (QED) is 0.185. The van der Waals surface area contributed by atoms with Crippen molar-refractivity contribution in [2.75, 3.05) is 5.32 Å². The van der Waals surface area contributed by atoms with Gasteiger partial charge in [-0.3, -0.25) is 10.1 Å². The summed E-state index contributed by atoms with van der Waals surface area (Å²) in [5.74, 6) is 0.659. The number of furan rings is 1. The number of aromatic nitrogens is 3. The van der Waals surface area contributed by atoms with Crippen LogP contribution in [-0.4, -0.2) is 26.0 Å². The summed E-state index contributed by atoms with van der Waals surface area (Å²) >= 11 is 17.4. The average Bonchev–Trinajstić information content (AvgIpc) is 3.49. The summed E-state index contributed by atoms with van der Waals surface area (Å²) in [7, 11) is 0. The van der Waals surface area contributed by atoms with Gasteiger partial charge in [-0.05, 0) is 85.9 Å². The van der Waals surface area contributed by atoms with Gasteiger partial charge in [-0.2, -0.15) is 4.80 Å². The average molecular weight is 548 g/mol. The molecule has 3 aromatic carbocycles. The number of hydrogen-bond acceptors (Lipinski definition) is 5. The SMILES string of the molecule is Cc1ccc(-n2nc3ccc(NC(=S)NC(=O)/C=C/c4ccc(-c5cc(Cl)cc(Cl)c5)o4)cc3n2)cc1. The summed E-state index contributed by atoms with van der Waals surface area (Å²) < 4.78 is 5.76. The van der Waals surface area contributed by atoms with Gasteiger partial charge >= 0.3 is 0 Å². The highest BCUT2D eigenvalue weighted by Crippen LogP contribution is 2.29. The van der Waals surface area contributed by atoms with E-state index in [1.165, 1.54) is 6.08 Å². The molecule has 10 heteroatoms. The minimum Gasteiger partial charge on any atom is -0.457 e. The van der Waals surface area contributed by atoms with Crippen LogP contribution in [0.1, 0.15) is 11.3 Å². The van der Waals surface area contributed by atoms with Crippen LogP contribution in [0.3, 0.4) is 0 Å². The first-order chi connectivity index (χ1) is 17.8. The first-order valence-corrected chi connectivity index (χ1v) is 12.3. The number of anilines is 1. The lowest BCUT2D eigenvalue weighted by Gasteiger charge is -2.07. The van der Waals surface area contributed by atoms with Gasteiger partial charge in [0.1, 0.15) is 22.6 Å². The number of fused-ring (bicyclic) bond motifs is 1. The van der Waals surface area contributed by atoms with Crippen molar-refractivity contribution in [1.29, 1.82) is 0 Å². The number of thiocarbonyl (C=S) groups is 1. The molecule has 7 nitrogen and oxygen atoms in total. The fourth-order valence-electron chi connectivity index (χ4n) is 3.55. The second kappa shape index (κ2) is 10.6. The van der Waals surface area contributed by atoms with Crippen LogP contribution < -0.4 is 10.6 Å². The van der Waals surface area contributed by atoms with Crippen LogP contribution in [0, 0.1) is 6.92 Å². The maximum atomic E-state index is 12.4. The maximum Gasteiger partial charge on any atom is 0.250 e. The summed E-state index contributed by atoms with van der Waals surface area (Å²) in [5.41, 5.74) is 4.87. The van der Waals surface area contributed by atoms with E-state index in [-0.39, 0.29) is 5.11 Å². The second-order valence-electron chi connectivity index (χ2n) is 8.17. The normalized spacial score (nSPS) is 11.2. The van der Waals surface area contributed by atoms with Gasteiger partial charge in [-0.15, -0.1) is 10.2 Å². The Hall–Kier alpha value is -3.98. The summed E-state index contributed by atoms with van der Waals surface area (Å²) in [6.07, 6.45) is 2.88. The van der Waals surface area contributed by atoms with Gasteiger partial charge in [-0.1, -0.05) is 40.9 Å². The van der Waals surface area contributed by atoms with Gasteiger partial charge in [0.15, 0.2) is 5.11 Å². The van der Waals surface area contributed by atoms with E-state index in [1.54, 1.807) is 41.2 Å². The number of halogens is 2. The lowest BCUT2D eigenvalue weighted by atomic mass is 10.2. The number of hydrogen-bond donors (Lipinski definition) is 2. The zero-order valence-corrected chi connectivity index (χ0v) is 21.7. The number of rotatable bonds is 5. The number of nitrogens with one attached hydrogen (secondary N) is 2. The zero-order valence-electron chi connectivity index (χ0n) is 19.4. The first-order valence-electron chi connectivity index (χ1n) is 11.1. The van der Waals surface area contributed by atoms with Gasteiger partial charge in [-0.25, -0.2) is 0 Å². The molecule has 2 heterocycles. The van der Waals surface area contributed by atoms with E-state index in [4.69, 9.17) is 39.8 Å². The molecule has 2 aromatic heterocycles. The highest BCUT2D eigenvalue weighted by Gasteiger charge is 2.09. The Bertz CT molecular complexity index is 1640. The van der Waals surface area contributed by atoms with Crippen molar-refractivity contribution < 1.29 is 9.21 Å². The Morgan fingerprint density at radius 2 is 1.68 bits per heavy atom. The smallest absolute Gasteiger partial charge is 0.250 e. The molecule has 0 aliphatic rings. The van der Waals surface area contributed by atoms with Gasteiger partial charge in [0.2, 0.25) is 5.91 Å². The van der Waals surface area contributed by atoms with Crippen LogP contribution in [0.5, 0.6) is 0 Å². The fourth-order valence-corrected chi connectivity index (χ4v) is 4.30. The van der Waals surface area contributed by atoms with Crippen LogP contribution in [0.2, 0.25) is 10.0 Å². The number of nitrogens with zero attached hydrogens (tertiary/aromatic N) is 3. The molecule has 0 saturated carbocycles. The summed E-state index contributed by atoms with van der Waals surface area (Å²) in [5, 5.41) is 15.8. The molecular formula is C27H19Cl2N5O2S. The van der Waals surface area contributed by atoms with Crippen LogP contribution in [0.4, 0.5) is 5.69 Å². The molecule has 0 saturated heterocycles. The van der Waals surface area contributed by atoms with Gasteiger partial charge in [0, 0.05) is 27.4 Å². The third kappa shape index (κ3) is 6.06. The van der Waals surface area contributed by atoms with E-state index in [0.717, 1.165) is 22.3 Å².